The Morgan fingerprint density at radius 1 is 1.12 bits per heavy atom. The lowest BCUT2D eigenvalue weighted by atomic mass is 9.92. The summed E-state index contributed by atoms with van der Waals surface area (Å²) in [6.07, 6.45) is 0. The van der Waals surface area contributed by atoms with Crippen LogP contribution in [0.3, 0.4) is 0 Å². The molecule has 2 aromatic carbocycles. The number of anilines is 1. The number of hydrogen-bond donors (Lipinski definition) is 2. The molecule has 1 heterocycles. The highest BCUT2D eigenvalue weighted by atomic mass is 35.5. The van der Waals surface area contributed by atoms with E-state index in [1.54, 1.807) is 43.3 Å². The van der Waals surface area contributed by atoms with Crippen LogP contribution >= 0.6 is 23.2 Å². The Morgan fingerprint density at radius 3 is 2.46 bits per heavy atom. The number of imide groups is 1. The van der Waals surface area contributed by atoms with Crippen molar-refractivity contribution in [2.24, 2.45) is 0 Å². The highest BCUT2D eigenvalue weighted by molar-refractivity contribution is 6.42. The predicted octanol–water partition coefficient (Wildman–Crippen LogP) is 3.40. The fourth-order valence-corrected chi connectivity index (χ4v) is 3.02. The maximum Gasteiger partial charge on any atom is 0.325 e. The summed E-state index contributed by atoms with van der Waals surface area (Å²) < 4.78 is 0. The van der Waals surface area contributed by atoms with Gasteiger partial charge in [-0.05, 0) is 30.7 Å². The van der Waals surface area contributed by atoms with Crippen LogP contribution < -0.4 is 10.6 Å². The second-order valence-corrected chi connectivity index (χ2v) is 6.80. The first-order valence-electron chi connectivity index (χ1n) is 7.76. The van der Waals surface area contributed by atoms with Crippen molar-refractivity contribution in [1.29, 1.82) is 0 Å². The molecule has 0 spiro atoms. The molecule has 0 aromatic heterocycles. The van der Waals surface area contributed by atoms with Gasteiger partial charge in [0.15, 0.2) is 0 Å². The number of nitrogens with zero attached hydrogens (tertiary/aromatic N) is 1. The number of urea groups is 1. The molecule has 0 unspecified atom stereocenters. The molecule has 4 amide bonds. The molecule has 3 rings (SSSR count). The Kier molecular flexibility index (Phi) is 4.89. The number of rotatable bonds is 4. The zero-order valence-electron chi connectivity index (χ0n) is 13.8. The second-order valence-electron chi connectivity index (χ2n) is 5.99. The number of carbonyl (C=O) groups is 3. The van der Waals surface area contributed by atoms with Gasteiger partial charge in [-0.1, -0.05) is 53.5 Å². The quantitative estimate of drug-likeness (QED) is 0.783. The van der Waals surface area contributed by atoms with E-state index in [2.05, 4.69) is 10.6 Å². The minimum Gasteiger partial charge on any atom is -0.324 e. The summed E-state index contributed by atoms with van der Waals surface area (Å²) >= 11 is 11.7. The molecule has 8 heteroatoms. The highest BCUT2D eigenvalue weighted by Crippen LogP contribution is 2.29. The van der Waals surface area contributed by atoms with E-state index in [9.17, 15) is 14.4 Å². The van der Waals surface area contributed by atoms with Crippen molar-refractivity contribution in [3.8, 4) is 0 Å². The molecule has 1 aliphatic heterocycles. The van der Waals surface area contributed by atoms with Crippen LogP contribution in [-0.4, -0.2) is 29.3 Å². The van der Waals surface area contributed by atoms with Gasteiger partial charge in [0.05, 0.1) is 10.0 Å². The van der Waals surface area contributed by atoms with Gasteiger partial charge in [0.1, 0.15) is 12.1 Å². The molecule has 2 aromatic rings. The van der Waals surface area contributed by atoms with Gasteiger partial charge < -0.3 is 10.6 Å². The Hall–Kier alpha value is -2.57. The third-order valence-electron chi connectivity index (χ3n) is 4.13. The van der Waals surface area contributed by atoms with E-state index < -0.39 is 29.9 Å². The molecule has 26 heavy (non-hydrogen) atoms. The van der Waals surface area contributed by atoms with E-state index >= 15 is 0 Å². The lowest BCUT2D eigenvalue weighted by molar-refractivity contribution is -0.133. The number of amides is 4. The van der Waals surface area contributed by atoms with Crippen molar-refractivity contribution in [2.45, 2.75) is 12.5 Å². The third kappa shape index (κ3) is 3.38. The van der Waals surface area contributed by atoms with E-state index in [0.717, 1.165) is 4.90 Å². The summed E-state index contributed by atoms with van der Waals surface area (Å²) in [6, 6.07) is 12.9. The fraction of sp³-hybridized carbons (Fsp3) is 0.167. The summed E-state index contributed by atoms with van der Waals surface area (Å²) in [5.41, 5.74) is -0.143. The zero-order chi connectivity index (χ0) is 18.9. The summed E-state index contributed by atoms with van der Waals surface area (Å²) in [7, 11) is 0. The molecule has 0 bridgehead atoms. The van der Waals surface area contributed by atoms with Crippen molar-refractivity contribution in [1.82, 2.24) is 10.2 Å². The summed E-state index contributed by atoms with van der Waals surface area (Å²) in [5, 5.41) is 5.89. The van der Waals surface area contributed by atoms with Crippen LogP contribution in [0.15, 0.2) is 48.5 Å². The van der Waals surface area contributed by atoms with E-state index in [0.29, 0.717) is 16.3 Å². The first kappa shape index (κ1) is 18.2. The van der Waals surface area contributed by atoms with E-state index in [1.807, 2.05) is 6.07 Å². The van der Waals surface area contributed by atoms with Crippen molar-refractivity contribution >= 4 is 46.7 Å². The van der Waals surface area contributed by atoms with Gasteiger partial charge in [0, 0.05) is 5.69 Å². The monoisotopic (exact) mass is 391 g/mol. The average molecular weight is 392 g/mol. The number of halogens is 2. The van der Waals surface area contributed by atoms with Crippen molar-refractivity contribution in [3.05, 3.63) is 64.1 Å². The van der Waals surface area contributed by atoms with Crippen LogP contribution in [0.5, 0.6) is 0 Å². The van der Waals surface area contributed by atoms with Crippen LogP contribution in [0.1, 0.15) is 12.5 Å². The summed E-state index contributed by atoms with van der Waals surface area (Å²) in [4.78, 5) is 38.1. The SMILES string of the molecule is C[C@]1(c2ccccc2)NC(=O)N(CC(=O)Nc2ccc(Cl)c(Cl)c2)C1=O. The van der Waals surface area contributed by atoms with Gasteiger partial charge >= 0.3 is 6.03 Å². The molecule has 0 saturated carbocycles. The van der Waals surface area contributed by atoms with Gasteiger partial charge in [-0.25, -0.2) is 4.79 Å². The standard InChI is InChI=1S/C18H15Cl2N3O3/c1-18(11-5-3-2-4-6-11)16(25)23(17(26)22-18)10-15(24)21-12-7-8-13(19)14(20)9-12/h2-9H,10H2,1H3,(H,21,24)(H,22,26)/t18-/m1/s1. The van der Waals surface area contributed by atoms with Crippen LogP contribution in [-0.2, 0) is 15.1 Å². The number of benzene rings is 2. The minimum absolute atomic E-state index is 0.288. The van der Waals surface area contributed by atoms with Crippen LogP contribution in [0.25, 0.3) is 0 Å². The average Bonchev–Trinajstić information content (AvgIpc) is 2.83. The first-order chi connectivity index (χ1) is 12.3. The van der Waals surface area contributed by atoms with Gasteiger partial charge in [0.2, 0.25) is 5.91 Å². The smallest absolute Gasteiger partial charge is 0.324 e. The molecule has 1 fully saturated rings. The predicted molar refractivity (Wildman–Crippen MR) is 99.1 cm³/mol. The zero-order valence-corrected chi connectivity index (χ0v) is 15.3. The molecule has 0 aliphatic carbocycles. The molecule has 1 saturated heterocycles. The Bertz CT molecular complexity index is 889. The number of nitrogens with one attached hydrogen (secondary N) is 2. The molecule has 0 radical (unpaired) electrons. The Labute approximate surface area is 160 Å². The molecular weight excluding hydrogens is 377 g/mol. The third-order valence-corrected chi connectivity index (χ3v) is 4.87. The normalized spacial score (nSPS) is 19.4. The lowest BCUT2D eigenvalue weighted by Gasteiger charge is -2.22. The Balaban J connectivity index is 1.73. The van der Waals surface area contributed by atoms with Gasteiger partial charge in [0.25, 0.3) is 5.91 Å². The second kappa shape index (κ2) is 6.97. The van der Waals surface area contributed by atoms with Crippen LogP contribution in [0.4, 0.5) is 10.5 Å². The van der Waals surface area contributed by atoms with E-state index in [1.165, 1.54) is 6.07 Å². The molecule has 6 nitrogen and oxygen atoms in total. The number of hydrogen-bond acceptors (Lipinski definition) is 3. The highest BCUT2D eigenvalue weighted by Gasteiger charge is 2.49. The maximum absolute atomic E-state index is 12.7. The van der Waals surface area contributed by atoms with Crippen LogP contribution in [0.2, 0.25) is 10.0 Å². The van der Waals surface area contributed by atoms with Gasteiger partial charge in [-0.3, -0.25) is 14.5 Å². The Morgan fingerprint density at radius 2 is 1.81 bits per heavy atom. The van der Waals surface area contributed by atoms with Gasteiger partial charge in [-0.15, -0.1) is 0 Å². The molecular formula is C18H15Cl2N3O3. The summed E-state index contributed by atoms with van der Waals surface area (Å²) in [6.45, 7) is 1.20. The molecule has 1 atom stereocenters. The first-order valence-corrected chi connectivity index (χ1v) is 8.51. The largest absolute Gasteiger partial charge is 0.325 e. The minimum atomic E-state index is -1.21. The van der Waals surface area contributed by atoms with Crippen LogP contribution in [0, 0.1) is 0 Å². The fourth-order valence-electron chi connectivity index (χ4n) is 2.73. The molecule has 2 N–H and O–H groups in total. The molecule has 1 aliphatic rings. The van der Waals surface area contributed by atoms with E-state index in [-0.39, 0.29) is 5.02 Å². The lowest BCUT2D eigenvalue weighted by Crippen LogP contribution is -2.42. The maximum atomic E-state index is 12.7. The van der Waals surface area contributed by atoms with Gasteiger partial charge in [-0.2, -0.15) is 0 Å². The van der Waals surface area contributed by atoms with Crippen molar-refractivity contribution < 1.29 is 14.4 Å². The molecule has 134 valence electrons. The summed E-state index contributed by atoms with van der Waals surface area (Å²) in [5.74, 6) is -1.01. The van der Waals surface area contributed by atoms with Crippen molar-refractivity contribution in [2.75, 3.05) is 11.9 Å². The van der Waals surface area contributed by atoms with Crippen molar-refractivity contribution in [3.63, 3.8) is 0 Å². The number of carbonyl (C=O) groups excluding carboxylic acids is 3. The van der Waals surface area contributed by atoms with E-state index in [4.69, 9.17) is 23.2 Å². The topological polar surface area (TPSA) is 78.5 Å².